The van der Waals surface area contributed by atoms with Gasteiger partial charge in [-0.15, -0.1) is 6.58 Å². The second kappa shape index (κ2) is 6.88. The third kappa shape index (κ3) is 3.14. The number of carbonyl (C=O) groups excluding carboxylic acids is 1. The molecule has 2 heterocycles. The molecule has 2 fully saturated rings. The molecule has 25 heavy (non-hydrogen) atoms. The molecule has 2 atom stereocenters. The molecule has 0 bridgehead atoms. The molecule has 0 radical (unpaired) electrons. The maximum absolute atomic E-state index is 12.0. The number of nitrogens with zero attached hydrogens (tertiary/aromatic N) is 1. The quantitative estimate of drug-likeness (QED) is 0.732. The zero-order chi connectivity index (χ0) is 18.0. The lowest BCUT2D eigenvalue weighted by Crippen LogP contribution is -2.40. The molecule has 0 saturated carbocycles. The number of hydrogen-bond acceptors (Lipinski definition) is 4. The Morgan fingerprint density at radius 2 is 2.36 bits per heavy atom. The summed E-state index contributed by atoms with van der Waals surface area (Å²) >= 11 is 0. The van der Waals surface area contributed by atoms with Crippen LogP contribution in [0.4, 0.5) is 0 Å². The van der Waals surface area contributed by atoms with E-state index >= 15 is 0 Å². The maximum atomic E-state index is 12.0. The van der Waals surface area contributed by atoms with Crippen LogP contribution in [0, 0.1) is 11.3 Å². The summed E-state index contributed by atoms with van der Waals surface area (Å²) in [5, 5.41) is 12.3. The maximum Gasteiger partial charge on any atom is 0.313 e. The highest BCUT2D eigenvalue weighted by Gasteiger charge is 2.59. The third-order valence-electron chi connectivity index (χ3n) is 5.13. The van der Waals surface area contributed by atoms with E-state index in [1.807, 2.05) is 25.1 Å². The molecule has 2 N–H and O–H groups in total. The number of likely N-dealkylation sites (tertiary alicyclic amines) is 1. The van der Waals surface area contributed by atoms with Gasteiger partial charge < -0.3 is 15.2 Å². The highest BCUT2D eigenvalue weighted by atomic mass is 16.5. The molecular formula is C19H24N2O4. The molecule has 6 nitrogen and oxygen atoms in total. The fraction of sp³-hybridized carbons (Fsp3) is 0.474. The van der Waals surface area contributed by atoms with Crippen molar-refractivity contribution in [2.24, 2.45) is 11.3 Å². The Labute approximate surface area is 147 Å². The molecule has 2 saturated heterocycles. The Morgan fingerprint density at radius 3 is 3.00 bits per heavy atom. The van der Waals surface area contributed by atoms with Crippen molar-refractivity contribution in [3.63, 3.8) is 0 Å². The fourth-order valence-corrected chi connectivity index (χ4v) is 3.90. The van der Waals surface area contributed by atoms with E-state index in [2.05, 4.69) is 22.9 Å². The molecule has 0 unspecified atom stereocenters. The van der Waals surface area contributed by atoms with Crippen LogP contribution >= 0.6 is 0 Å². The Morgan fingerprint density at radius 1 is 1.56 bits per heavy atom. The lowest BCUT2D eigenvalue weighted by molar-refractivity contribution is -0.149. The largest absolute Gasteiger partial charge is 0.494 e. The van der Waals surface area contributed by atoms with Gasteiger partial charge in [-0.25, -0.2) is 0 Å². The van der Waals surface area contributed by atoms with Gasteiger partial charge in [-0.2, -0.15) is 0 Å². The van der Waals surface area contributed by atoms with Crippen LogP contribution < -0.4 is 10.1 Å². The van der Waals surface area contributed by atoms with E-state index in [0.29, 0.717) is 32.7 Å². The minimum absolute atomic E-state index is 0.149. The Balaban J connectivity index is 1.77. The normalized spacial score (nSPS) is 25.5. The van der Waals surface area contributed by atoms with Gasteiger partial charge in [0.1, 0.15) is 11.2 Å². The summed E-state index contributed by atoms with van der Waals surface area (Å²) in [4.78, 5) is 25.8. The van der Waals surface area contributed by atoms with E-state index in [0.717, 1.165) is 16.9 Å². The number of amides is 1. The fourth-order valence-electron chi connectivity index (χ4n) is 3.90. The first kappa shape index (κ1) is 17.5. The molecule has 1 aromatic rings. The number of ether oxygens (including phenoxy) is 1. The second-order valence-corrected chi connectivity index (χ2v) is 6.77. The minimum atomic E-state index is -0.994. The molecule has 3 rings (SSSR count). The number of allylic oxidation sites excluding steroid dienone is 1. The van der Waals surface area contributed by atoms with Crippen molar-refractivity contribution >= 4 is 11.9 Å². The zero-order valence-electron chi connectivity index (χ0n) is 14.5. The van der Waals surface area contributed by atoms with Crippen molar-refractivity contribution in [2.75, 3.05) is 26.2 Å². The van der Waals surface area contributed by atoms with Crippen LogP contribution in [-0.2, 0) is 22.6 Å². The SMILES string of the molecule is C=CCc1cc(CN2C[C@@H]3C(=O)NC[C@]3(C(=O)O)C2)ccc1OCC. The molecule has 0 aromatic heterocycles. The lowest BCUT2D eigenvalue weighted by atomic mass is 9.81. The van der Waals surface area contributed by atoms with Gasteiger partial charge in [0, 0.05) is 26.2 Å². The molecule has 1 amide bonds. The number of aliphatic carboxylic acids is 1. The summed E-state index contributed by atoms with van der Waals surface area (Å²) in [7, 11) is 0. The predicted molar refractivity (Wildman–Crippen MR) is 93.4 cm³/mol. The monoisotopic (exact) mass is 344 g/mol. The number of nitrogens with one attached hydrogen (secondary N) is 1. The topological polar surface area (TPSA) is 78.9 Å². The van der Waals surface area contributed by atoms with Crippen LogP contribution in [0.25, 0.3) is 0 Å². The Bertz CT molecular complexity index is 703. The average Bonchev–Trinajstić information content (AvgIpc) is 3.09. The van der Waals surface area contributed by atoms with Gasteiger partial charge in [-0.3, -0.25) is 14.5 Å². The smallest absolute Gasteiger partial charge is 0.313 e. The minimum Gasteiger partial charge on any atom is -0.494 e. The Kier molecular flexibility index (Phi) is 4.81. The van der Waals surface area contributed by atoms with Gasteiger partial charge in [0.25, 0.3) is 0 Å². The molecule has 1 aromatic carbocycles. The molecule has 0 spiro atoms. The van der Waals surface area contributed by atoms with Crippen molar-refractivity contribution in [2.45, 2.75) is 19.9 Å². The molecule has 0 aliphatic carbocycles. The van der Waals surface area contributed by atoms with Crippen molar-refractivity contribution in [1.82, 2.24) is 10.2 Å². The van der Waals surface area contributed by atoms with Gasteiger partial charge in [-0.05, 0) is 30.5 Å². The number of rotatable bonds is 7. The number of fused-ring (bicyclic) bond motifs is 1. The zero-order valence-corrected chi connectivity index (χ0v) is 14.5. The summed E-state index contributed by atoms with van der Waals surface area (Å²) in [5.74, 6) is -0.660. The first-order chi connectivity index (χ1) is 12.0. The Hall–Kier alpha value is -2.34. The summed E-state index contributed by atoms with van der Waals surface area (Å²) < 4.78 is 5.64. The average molecular weight is 344 g/mol. The number of carboxylic acid groups (broad SMARTS) is 1. The van der Waals surface area contributed by atoms with Crippen molar-refractivity contribution in [3.8, 4) is 5.75 Å². The van der Waals surface area contributed by atoms with Crippen molar-refractivity contribution < 1.29 is 19.4 Å². The summed E-state index contributed by atoms with van der Waals surface area (Å²) in [5.41, 5.74) is 1.16. The summed E-state index contributed by atoms with van der Waals surface area (Å²) in [6, 6.07) is 6.03. The highest BCUT2D eigenvalue weighted by Crippen LogP contribution is 2.40. The summed E-state index contributed by atoms with van der Waals surface area (Å²) in [6.07, 6.45) is 2.55. The van der Waals surface area contributed by atoms with Gasteiger partial charge in [0.2, 0.25) is 5.91 Å². The number of benzene rings is 1. The molecular weight excluding hydrogens is 320 g/mol. The predicted octanol–water partition coefficient (Wildman–Crippen LogP) is 1.45. The number of carbonyl (C=O) groups is 2. The molecule has 134 valence electrons. The van der Waals surface area contributed by atoms with E-state index in [1.54, 1.807) is 0 Å². The number of carboxylic acids is 1. The van der Waals surface area contributed by atoms with E-state index in [1.165, 1.54) is 0 Å². The van der Waals surface area contributed by atoms with E-state index in [-0.39, 0.29) is 12.5 Å². The summed E-state index contributed by atoms with van der Waals surface area (Å²) in [6.45, 7) is 8.04. The van der Waals surface area contributed by atoms with Crippen molar-refractivity contribution in [1.29, 1.82) is 0 Å². The first-order valence-electron chi connectivity index (χ1n) is 8.59. The van der Waals surface area contributed by atoms with Crippen LogP contribution in [0.15, 0.2) is 30.9 Å². The van der Waals surface area contributed by atoms with Gasteiger partial charge in [0.15, 0.2) is 0 Å². The van der Waals surface area contributed by atoms with Gasteiger partial charge >= 0.3 is 5.97 Å². The molecule has 2 aliphatic heterocycles. The van der Waals surface area contributed by atoms with Gasteiger partial charge in [0.05, 0.1) is 12.5 Å². The highest BCUT2D eigenvalue weighted by molar-refractivity contribution is 5.92. The number of hydrogen-bond donors (Lipinski definition) is 2. The van der Waals surface area contributed by atoms with Crippen LogP contribution in [0.3, 0.4) is 0 Å². The van der Waals surface area contributed by atoms with Crippen molar-refractivity contribution in [3.05, 3.63) is 42.0 Å². The van der Waals surface area contributed by atoms with E-state index in [4.69, 9.17) is 4.74 Å². The van der Waals surface area contributed by atoms with E-state index < -0.39 is 17.3 Å². The lowest BCUT2D eigenvalue weighted by Gasteiger charge is -2.22. The molecule has 2 aliphatic rings. The standard InChI is InChI=1S/C19H24N2O4/c1-3-5-14-8-13(6-7-16(14)25-4-2)9-21-10-15-17(22)20-11-19(15,12-21)18(23)24/h3,6-8,15H,1,4-5,9-12H2,2H3,(H,20,22)(H,23,24)/t15-,19+/m1/s1. The first-order valence-corrected chi connectivity index (χ1v) is 8.59. The third-order valence-corrected chi connectivity index (χ3v) is 5.13. The molecule has 6 heteroatoms. The second-order valence-electron chi connectivity index (χ2n) is 6.77. The van der Waals surface area contributed by atoms with Gasteiger partial charge in [-0.1, -0.05) is 18.2 Å². The van der Waals surface area contributed by atoms with Crippen LogP contribution in [0.2, 0.25) is 0 Å². The van der Waals surface area contributed by atoms with Crippen LogP contribution in [0.1, 0.15) is 18.1 Å². The van der Waals surface area contributed by atoms with E-state index in [9.17, 15) is 14.7 Å². The van der Waals surface area contributed by atoms with Crippen LogP contribution in [-0.4, -0.2) is 48.1 Å². The van der Waals surface area contributed by atoms with Crippen LogP contribution in [0.5, 0.6) is 5.75 Å².